The molecule has 0 aliphatic heterocycles. The third-order valence-electron chi connectivity index (χ3n) is 3.11. The summed E-state index contributed by atoms with van der Waals surface area (Å²) in [6, 6.07) is 2.83. The number of aryl methyl sites for hydroxylation is 2. The minimum absolute atomic E-state index is 0.104. The van der Waals surface area contributed by atoms with Crippen LogP contribution in [0, 0.1) is 17.0 Å². The molecular weight excluding hydrogens is 320 g/mol. The van der Waals surface area contributed by atoms with E-state index >= 15 is 0 Å². The van der Waals surface area contributed by atoms with Gasteiger partial charge < -0.3 is 14.6 Å². The Kier molecular flexibility index (Phi) is 5.22. The second-order valence-corrected chi connectivity index (χ2v) is 5.70. The maximum absolute atomic E-state index is 12.0. The SMILES string of the molecule is COc1cc(NC(=O)CSc2nccn2C)c(C)cc1[N+](=O)[O-]. The van der Waals surface area contributed by atoms with E-state index in [0.29, 0.717) is 11.3 Å². The fraction of sp³-hybridized carbons (Fsp3) is 0.286. The average molecular weight is 336 g/mol. The molecule has 0 unspecified atom stereocenters. The third kappa shape index (κ3) is 4.01. The molecule has 0 saturated heterocycles. The first-order valence-corrected chi connectivity index (χ1v) is 7.64. The lowest BCUT2D eigenvalue weighted by atomic mass is 10.1. The van der Waals surface area contributed by atoms with E-state index in [-0.39, 0.29) is 23.1 Å². The lowest BCUT2D eigenvalue weighted by Crippen LogP contribution is -2.15. The molecule has 2 aromatic rings. The maximum atomic E-state index is 12.0. The molecule has 1 heterocycles. The molecule has 8 nitrogen and oxygen atoms in total. The summed E-state index contributed by atoms with van der Waals surface area (Å²) in [5.74, 6) is 0.0634. The van der Waals surface area contributed by atoms with Crippen molar-refractivity contribution in [2.24, 2.45) is 7.05 Å². The van der Waals surface area contributed by atoms with E-state index in [1.54, 1.807) is 19.3 Å². The monoisotopic (exact) mass is 336 g/mol. The molecule has 0 saturated carbocycles. The Balaban J connectivity index is 2.08. The van der Waals surface area contributed by atoms with Crippen molar-refractivity contribution in [1.82, 2.24) is 9.55 Å². The van der Waals surface area contributed by atoms with Gasteiger partial charge in [-0.3, -0.25) is 14.9 Å². The number of nitrogens with one attached hydrogen (secondary N) is 1. The number of carbonyl (C=O) groups excluding carboxylic acids is 1. The van der Waals surface area contributed by atoms with Crippen molar-refractivity contribution in [3.05, 3.63) is 40.2 Å². The molecule has 0 spiro atoms. The fourth-order valence-electron chi connectivity index (χ4n) is 1.92. The van der Waals surface area contributed by atoms with Gasteiger partial charge in [0.1, 0.15) is 0 Å². The van der Waals surface area contributed by atoms with Crippen molar-refractivity contribution in [2.45, 2.75) is 12.1 Å². The number of nitrogens with zero attached hydrogens (tertiary/aromatic N) is 3. The second-order valence-electron chi connectivity index (χ2n) is 4.75. The number of nitro benzene ring substituents is 1. The first-order valence-electron chi connectivity index (χ1n) is 6.65. The first-order chi connectivity index (χ1) is 10.9. The molecule has 1 aromatic heterocycles. The molecule has 0 radical (unpaired) electrons. The first kappa shape index (κ1) is 16.8. The highest BCUT2D eigenvalue weighted by atomic mass is 32.2. The Hall–Kier alpha value is -2.55. The smallest absolute Gasteiger partial charge is 0.311 e. The molecule has 1 amide bonds. The molecule has 122 valence electrons. The number of thioether (sulfide) groups is 1. The molecule has 2 rings (SSSR count). The van der Waals surface area contributed by atoms with Gasteiger partial charge in [0.25, 0.3) is 0 Å². The number of hydrogen-bond donors (Lipinski definition) is 1. The van der Waals surface area contributed by atoms with Gasteiger partial charge in [-0.05, 0) is 12.5 Å². The van der Waals surface area contributed by atoms with Crippen molar-refractivity contribution in [3.63, 3.8) is 0 Å². The van der Waals surface area contributed by atoms with Crippen LogP contribution in [0.3, 0.4) is 0 Å². The standard InChI is InChI=1S/C14H16N4O4S/c1-9-6-11(18(20)21)12(22-3)7-10(9)16-13(19)8-23-14-15-4-5-17(14)2/h4-7H,8H2,1-3H3,(H,16,19). The Morgan fingerprint density at radius 2 is 2.26 bits per heavy atom. The van der Waals surface area contributed by atoms with Gasteiger partial charge >= 0.3 is 5.69 Å². The molecular formula is C14H16N4O4S. The van der Waals surface area contributed by atoms with E-state index in [0.717, 1.165) is 5.16 Å². The summed E-state index contributed by atoms with van der Waals surface area (Å²) in [4.78, 5) is 26.6. The summed E-state index contributed by atoms with van der Waals surface area (Å²) in [7, 11) is 3.19. The highest BCUT2D eigenvalue weighted by molar-refractivity contribution is 7.99. The van der Waals surface area contributed by atoms with Crippen molar-refractivity contribution in [2.75, 3.05) is 18.2 Å². The number of benzene rings is 1. The quantitative estimate of drug-likeness (QED) is 0.494. The summed E-state index contributed by atoms with van der Waals surface area (Å²) >= 11 is 1.31. The van der Waals surface area contributed by atoms with Gasteiger partial charge in [-0.25, -0.2) is 4.98 Å². The summed E-state index contributed by atoms with van der Waals surface area (Å²) in [5, 5.41) is 14.4. The second kappa shape index (κ2) is 7.14. The number of aromatic nitrogens is 2. The van der Waals surface area contributed by atoms with Crippen LogP contribution in [-0.2, 0) is 11.8 Å². The Morgan fingerprint density at radius 3 is 2.83 bits per heavy atom. The molecule has 0 fully saturated rings. The molecule has 0 atom stereocenters. The fourth-order valence-corrected chi connectivity index (χ4v) is 2.65. The predicted molar refractivity (Wildman–Crippen MR) is 86.9 cm³/mol. The largest absolute Gasteiger partial charge is 0.490 e. The zero-order chi connectivity index (χ0) is 17.0. The van der Waals surface area contributed by atoms with E-state index in [2.05, 4.69) is 10.3 Å². The lowest BCUT2D eigenvalue weighted by Gasteiger charge is -2.10. The number of amides is 1. The number of ether oxygens (including phenoxy) is 1. The van der Waals surface area contributed by atoms with Crippen LogP contribution in [0.4, 0.5) is 11.4 Å². The van der Waals surface area contributed by atoms with Crippen LogP contribution in [0.15, 0.2) is 29.7 Å². The predicted octanol–water partition coefficient (Wildman–Crippen LogP) is 2.38. The van der Waals surface area contributed by atoms with Gasteiger partial charge in [0.05, 0.1) is 17.8 Å². The Labute approximate surface area is 137 Å². The molecule has 0 aliphatic carbocycles. The lowest BCUT2D eigenvalue weighted by molar-refractivity contribution is -0.385. The van der Waals surface area contributed by atoms with Crippen LogP contribution < -0.4 is 10.1 Å². The molecule has 1 N–H and O–H groups in total. The van der Waals surface area contributed by atoms with E-state index in [9.17, 15) is 14.9 Å². The van der Waals surface area contributed by atoms with E-state index in [4.69, 9.17) is 4.74 Å². The van der Waals surface area contributed by atoms with Gasteiger partial charge in [0, 0.05) is 37.3 Å². The van der Waals surface area contributed by atoms with Gasteiger partial charge in [-0.1, -0.05) is 11.8 Å². The summed E-state index contributed by atoms with van der Waals surface area (Å²) in [6.07, 6.45) is 3.46. The third-order valence-corrected chi connectivity index (χ3v) is 4.16. The molecule has 9 heteroatoms. The Morgan fingerprint density at radius 1 is 1.52 bits per heavy atom. The van der Waals surface area contributed by atoms with Gasteiger partial charge in [-0.2, -0.15) is 0 Å². The van der Waals surface area contributed by atoms with Gasteiger partial charge in [-0.15, -0.1) is 0 Å². The normalized spacial score (nSPS) is 10.4. The van der Waals surface area contributed by atoms with Crippen LogP contribution in [0.2, 0.25) is 0 Å². The van der Waals surface area contributed by atoms with Crippen LogP contribution >= 0.6 is 11.8 Å². The highest BCUT2D eigenvalue weighted by Crippen LogP contribution is 2.32. The zero-order valence-electron chi connectivity index (χ0n) is 12.9. The van der Waals surface area contributed by atoms with Crippen LogP contribution in [0.5, 0.6) is 5.75 Å². The summed E-state index contributed by atoms with van der Waals surface area (Å²) < 4.78 is 6.82. The summed E-state index contributed by atoms with van der Waals surface area (Å²) in [5.41, 5.74) is 0.941. The van der Waals surface area contributed by atoms with Crippen molar-refractivity contribution >= 4 is 29.0 Å². The average Bonchev–Trinajstić information content (AvgIpc) is 2.92. The minimum atomic E-state index is -0.519. The molecule has 0 aliphatic rings. The van der Waals surface area contributed by atoms with Crippen LogP contribution in [-0.4, -0.2) is 33.2 Å². The number of nitro groups is 1. The number of rotatable bonds is 6. The van der Waals surface area contributed by atoms with Crippen molar-refractivity contribution < 1.29 is 14.5 Å². The van der Waals surface area contributed by atoms with Crippen molar-refractivity contribution in [1.29, 1.82) is 0 Å². The highest BCUT2D eigenvalue weighted by Gasteiger charge is 2.18. The Bertz CT molecular complexity index is 744. The van der Waals surface area contributed by atoms with Gasteiger partial charge in [0.2, 0.25) is 5.91 Å². The van der Waals surface area contributed by atoms with E-state index < -0.39 is 4.92 Å². The molecule has 0 bridgehead atoms. The molecule has 1 aromatic carbocycles. The minimum Gasteiger partial charge on any atom is -0.490 e. The van der Waals surface area contributed by atoms with Crippen LogP contribution in [0.25, 0.3) is 0 Å². The number of imidazole rings is 1. The number of anilines is 1. The van der Waals surface area contributed by atoms with Crippen molar-refractivity contribution in [3.8, 4) is 5.75 Å². The van der Waals surface area contributed by atoms with Gasteiger partial charge in [0.15, 0.2) is 10.9 Å². The maximum Gasteiger partial charge on any atom is 0.311 e. The summed E-state index contributed by atoms with van der Waals surface area (Å²) in [6.45, 7) is 1.69. The number of methoxy groups -OCH3 is 1. The molecule has 23 heavy (non-hydrogen) atoms. The number of hydrogen-bond acceptors (Lipinski definition) is 6. The van der Waals surface area contributed by atoms with E-state index in [1.165, 1.54) is 31.0 Å². The number of carbonyl (C=O) groups is 1. The topological polar surface area (TPSA) is 99.3 Å². The zero-order valence-corrected chi connectivity index (χ0v) is 13.7. The van der Waals surface area contributed by atoms with Crippen LogP contribution in [0.1, 0.15) is 5.56 Å². The van der Waals surface area contributed by atoms with E-state index in [1.807, 2.05) is 11.6 Å².